The van der Waals surface area contributed by atoms with Gasteiger partial charge in [0.15, 0.2) is 5.82 Å². The number of aromatic nitrogens is 3. The van der Waals surface area contributed by atoms with Gasteiger partial charge in [-0.3, -0.25) is 9.59 Å². The largest absolute Gasteiger partial charge is 0.434 e. The summed E-state index contributed by atoms with van der Waals surface area (Å²) >= 11 is 0. The number of amides is 1. The average Bonchev–Trinajstić information content (AvgIpc) is 3.34. The van der Waals surface area contributed by atoms with Crippen LogP contribution in [0.1, 0.15) is 103 Å². The van der Waals surface area contributed by atoms with Gasteiger partial charge in [-0.25, -0.2) is 9.37 Å². The first-order valence-corrected chi connectivity index (χ1v) is 17.9. The number of piperidine rings is 1. The van der Waals surface area contributed by atoms with Gasteiger partial charge in [0, 0.05) is 49.5 Å². The highest BCUT2D eigenvalue weighted by Crippen LogP contribution is 2.53. The van der Waals surface area contributed by atoms with E-state index in [1.807, 2.05) is 27.7 Å². The van der Waals surface area contributed by atoms with Crippen LogP contribution >= 0.6 is 0 Å². The number of hydrogen-bond acceptors (Lipinski definition) is 9. The van der Waals surface area contributed by atoms with E-state index in [2.05, 4.69) is 25.0 Å². The fourth-order valence-corrected chi connectivity index (χ4v) is 9.02. The van der Waals surface area contributed by atoms with Gasteiger partial charge >= 0.3 is 0 Å². The summed E-state index contributed by atoms with van der Waals surface area (Å²) in [5.74, 6) is 0.908. The lowest BCUT2D eigenvalue weighted by atomic mass is 9.68. The van der Waals surface area contributed by atoms with Crippen molar-refractivity contribution in [1.82, 2.24) is 25.0 Å². The van der Waals surface area contributed by atoms with Crippen LogP contribution < -0.4 is 9.64 Å². The Kier molecular flexibility index (Phi) is 9.58. The first kappa shape index (κ1) is 34.7. The van der Waals surface area contributed by atoms with E-state index in [0.29, 0.717) is 18.2 Å². The molecule has 262 valence electrons. The number of ether oxygens (including phenoxy) is 1. The molecule has 4 fully saturated rings. The molecule has 2 saturated carbocycles. The van der Waals surface area contributed by atoms with Crippen molar-refractivity contribution in [3.8, 4) is 11.6 Å². The molecule has 11 heteroatoms. The Morgan fingerprint density at radius 1 is 1.08 bits per heavy atom. The molecule has 1 N–H and O–H groups in total. The second kappa shape index (κ2) is 13.3. The van der Waals surface area contributed by atoms with Crippen LogP contribution in [0.5, 0.6) is 11.6 Å². The fourth-order valence-electron chi connectivity index (χ4n) is 9.02. The van der Waals surface area contributed by atoms with Crippen LogP contribution in [-0.2, 0) is 4.79 Å². The third-order valence-electron chi connectivity index (χ3n) is 11.7. The molecule has 0 bridgehead atoms. The van der Waals surface area contributed by atoms with E-state index in [1.54, 1.807) is 18.7 Å². The Morgan fingerprint density at radius 3 is 2.35 bits per heavy atom. The number of ketones is 1. The number of likely N-dealkylation sites (tertiary alicyclic amines) is 1. The number of hydrogen-bond donors (Lipinski definition) is 1. The molecule has 3 heterocycles. The molecule has 2 aromatic rings. The Labute approximate surface area is 284 Å². The number of aliphatic hydroxyl groups is 1. The van der Waals surface area contributed by atoms with Gasteiger partial charge in [-0.2, -0.15) is 0 Å². The van der Waals surface area contributed by atoms with Crippen molar-refractivity contribution in [2.24, 2.45) is 22.7 Å². The second-order valence-electron chi connectivity index (χ2n) is 16.4. The summed E-state index contributed by atoms with van der Waals surface area (Å²) in [4.78, 5) is 37.3. The molecule has 10 nitrogen and oxygen atoms in total. The number of anilines is 1. The van der Waals surface area contributed by atoms with Crippen molar-refractivity contribution in [2.45, 2.75) is 111 Å². The van der Waals surface area contributed by atoms with E-state index in [1.165, 1.54) is 37.4 Å². The molecular formula is C37H53FN6O4. The third kappa shape index (κ3) is 7.08. The molecule has 2 spiro atoms. The molecule has 1 aromatic heterocycles. The minimum atomic E-state index is -0.924. The summed E-state index contributed by atoms with van der Waals surface area (Å²) in [7, 11) is 0. The molecular weight excluding hydrogens is 611 g/mol. The number of Topliss-reactive ketones (excluding diaryl/α,β-unsaturated/α-hetero) is 1. The molecule has 4 aliphatic rings. The van der Waals surface area contributed by atoms with E-state index in [-0.39, 0.29) is 57.7 Å². The highest BCUT2D eigenvalue weighted by molar-refractivity contribution is 5.97. The Morgan fingerprint density at radius 2 is 1.75 bits per heavy atom. The Balaban J connectivity index is 1.03. The van der Waals surface area contributed by atoms with E-state index in [4.69, 9.17) is 4.74 Å². The first-order valence-electron chi connectivity index (χ1n) is 17.9. The van der Waals surface area contributed by atoms with Crippen molar-refractivity contribution < 1.29 is 23.8 Å². The molecule has 1 aromatic carbocycles. The van der Waals surface area contributed by atoms with E-state index in [0.717, 1.165) is 64.8 Å². The van der Waals surface area contributed by atoms with E-state index >= 15 is 0 Å². The SMILES string of the molecule is CC(C)N(C(=O)c1cc(F)ccc1Oc1nncnc1N1CC2(CCN(CC3CCC4(CC3)CC(=O)[C@@H](C(C)(C)O)C4)CC2)C1)C(C)C. The van der Waals surface area contributed by atoms with Crippen LogP contribution in [0, 0.1) is 28.5 Å². The molecule has 1 amide bonds. The van der Waals surface area contributed by atoms with Gasteiger partial charge in [0.1, 0.15) is 23.7 Å². The molecule has 1 atom stereocenters. The van der Waals surface area contributed by atoms with Crippen LogP contribution in [0.4, 0.5) is 10.2 Å². The van der Waals surface area contributed by atoms with Gasteiger partial charge in [0.05, 0.1) is 11.2 Å². The molecule has 0 unspecified atom stereocenters. The normalized spacial score (nSPS) is 26.0. The molecule has 0 radical (unpaired) electrons. The van der Waals surface area contributed by atoms with Crippen molar-refractivity contribution in [2.75, 3.05) is 37.6 Å². The minimum Gasteiger partial charge on any atom is -0.434 e. The molecule has 48 heavy (non-hydrogen) atoms. The smallest absolute Gasteiger partial charge is 0.282 e. The highest BCUT2D eigenvalue weighted by atomic mass is 19.1. The number of halogens is 1. The Bertz CT molecular complexity index is 1480. The van der Waals surface area contributed by atoms with Gasteiger partial charge in [0.25, 0.3) is 11.8 Å². The summed E-state index contributed by atoms with van der Waals surface area (Å²) in [5.41, 5.74) is -0.456. The van der Waals surface area contributed by atoms with Crippen LogP contribution in [0.25, 0.3) is 0 Å². The molecule has 2 saturated heterocycles. The minimum absolute atomic E-state index is 0.0713. The molecule has 6 rings (SSSR count). The number of carbonyl (C=O) groups is 2. The van der Waals surface area contributed by atoms with Crippen molar-refractivity contribution >= 4 is 17.5 Å². The Hall–Kier alpha value is -3.18. The third-order valence-corrected chi connectivity index (χ3v) is 11.7. The monoisotopic (exact) mass is 664 g/mol. The zero-order valence-electron chi connectivity index (χ0n) is 29.5. The van der Waals surface area contributed by atoms with Crippen molar-refractivity contribution in [3.63, 3.8) is 0 Å². The first-order chi connectivity index (χ1) is 22.7. The number of carbonyl (C=O) groups excluding carboxylic acids is 2. The quantitative estimate of drug-likeness (QED) is 0.351. The summed E-state index contributed by atoms with van der Waals surface area (Å²) in [6, 6.07) is 3.83. The topological polar surface area (TPSA) is 112 Å². The summed E-state index contributed by atoms with van der Waals surface area (Å²) in [6.07, 6.45) is 9.66. The second-order valence-corrected chi connectivity index (χ2v) is 16.4. The van der Waals surface area contributed by atoms with Gasteiger partial charge in [0.2, 0.25) is 0 Å². The van der Waals surface area contributed by atoms with Gasteiger partial charge in [-0.15, -0.1) is 10.2 Å². The van der Waals surface area contributed by atoms with Crippen LogP contribution in [0.15, 0.2) is 24.5 Å². The van der Waals surface area contributed by atoms with Gasteiger partial charge in [-0.05, 0) is 129 Å². The maximum absolute atomic E-state index is 14.4. The predicted molar refractivity (Wildman–Crippen MR) is 181 cm³/mol. The molecule has 2 aliphatic heterocycles. The lowest BCUT2D eigenvalue weighted by Gasteiger charge is -2.54. The molecule has 2 aliphatic carbocycles. The van der Waals surface area contributed by atoms with Crippen molar-refractivity contribution in [3.05, 3.63) is 35.9 Å². The van der Waals surface area contributed by atoms with Gasteiger partial charge in [-0.1, -0.05) is 0 Å². The van der Waals surface area contributed by atoms with Crippen LogP contribution in [0.3, 0.4) is 0 Å². The number of benzene rings is 1. The standard InChI is InChI=1S/C37H53FN6O4/c1-24(2)44(25(3)4)34(46)28-17-27(38)7-8-31(28)48-33-32(39-23-40-41-33)43-21-37(22-43)13-15-42(16-14-37)20-26-9-11-36(12-10-26)18-29(30(45)19-36)35(5,6)47/h7-8,17,23-26,29,47H,9-16,18-22H2,1-6H3/t26?,29-,36?/m0/s1. The zero-order valence-corrected chi connectivity index (χ0v) is 29.5. The average molecular weight is 665 g/mol. The maximum Gasteiger partial charge on any atom is 0.282 e. The predicted octanol–water partition coefficient (Wildman–Crippen LogP) is 5.89. The van der Waals surface area contributed by atoms with Crippen LogP contribution in [-0.4, -0.2) is 92.2 Å². The van der Waals surface area contributed by atoms with Crippen LogP contribution in [0.2, 0.25) is 0 Å². The van der Waals surface area contributed by atoms with Gasteiger partial charge < -0.3 is 24.5 Å². The summed E-state index contributed by atoms with van der Waals surface area (Å²) in [5, 5.41) is 18.7. The lowest BCUT2D eigenvalue weighted by Crippen LogP contribution is -2.61. The summed E-state index contributed by atoms with van der Waals surface area (Å²) in [6.45, 7) is 16.3. The fraction of sp³-hybridized carbons (Fsp3) is 0.703. The zero-order chi connectivity index (χ0) is 34.4. The maximum atomic E-state index is 14.4. The summed E-state index contributed by atoms with van der Waals surface area (Å²) < 4.78 is 20.6. The van der Waals surface area contributed by atoms with E-state index < -0.39 is 11.4 Å². The van der Waals surface area contributed by atoms with E-state index in [9.17, 15) is 19.1 Å². The van der Waals surface area contributed by atoms with Crippen molar-refractivity contribution in [1.29, 1.82) is 0 Å². The lowest BCUT2D eigenvalue weighted by molar-refractivity contribution is -0.127. The highest BCUT2D eigenvalue weighted by Gasteiger charge is 2.51. The number of nitrogens with zero attached hydrogens (tertiary/aromatic N) is 6. The number of rotatable bonds is 9.